The van der Waals surface area contributed by atoms with E-state index in [4.69, 9.17) is 10.5 Å². The summed E-state index contributed by atoms with van der Waals surface area (Å²) in [4.78, 5) is 12.1. The Morgan fingerprint density at radius 1 is 1.11 bits per heavy atom. The maximum Gasteiger partial charge on any atom is 0.416 e. The van der Waals surface area contributed by atoms with E-state index >= 15 is 0 Å². The quantitative estimate of drug-likeness (QED) is 0.711. The average Bonchev–Trinajstić information content (AvgIpc) is 2.60. The number of benzene rings is 2. The SMILES string of the molecule is CC(CC(=O)Nc1ccc(OCCN)cc1)c1ccc(C(F)(F)F)cc1.Cl. The van der Waals surface area contributed by atoms with Gasteiger partial charge in [-0.3, -0.25) is 4.79 Å². The molecule has 4 nitrogen and oxygen atoms in total. The number of carbonyl (C=O) groups excluding carboxylic acids is 1. The van der Waals surface area contributed by atoms with Crippen LogP contribution in [0.15, 0.2) is 48.5 Å². The van der Waals surface area contributed by atoms with Gasteiger partial charge in [0.05, 0.1) is 5.56 Å². The number of hydrogen-bond acceptors (Lipinski definition) is 3. The molecule has 0 aliphatic rings. The number of alkyl halides is 3. The van der Waals surface area contributed by atoms with E-state index in [2.05, 4.69) is 5.32 Å². The second-order valence-electron chi connectivity index (χ2n) is 5.93. The van der Waals surface area contributed by atoms with Crippen molar-refractivity contribution in [3.63, 3.8) is 0 Å². The number of anilines is 1. The van der Waals surface area contributed by atoms with Crippen molar-refractivity contribution in [3.05, 3.63) is 59.7 Å². The van der Waals surface area contributed by atoms with Gasteiger partial charge in [0.15, 0.2) is 0 Å². The molecule has 2 aromatic rings. The Balaban J connectivity index is 0.00000364. The topological polar surface area (TPSA) is 64.3 Å². The van der Waals surface area contributed by atoms with Gasteiger partial charge in [0.25, 0.3) is 0 Å². The maximum absolute atomic E-state index is 12.6. The molecular weight excluding hydrogens is 381 g/mol. The van der Waals surface area contributed by atoms with Crippen LogP contribution in [0.5, 0.6) is 5.75 Å². The fraction of sp³-hybridized carbons (Fsp3) is 0.316. The second kappa shape index (κ2) is 10.2. The van der Waals surface area contributed by atoms with Crippen molar-refractivity contribution >= 4 is 24.0 Å². The Labute approximate surface area is 162 Å². The Morgan fingerprint density at radius 2 is 1.70 bits per heavy atom. The molecule has 0 radical (unpaired) electrons. The van der Waals surface area contributed by atoms with Crippen molar-refractivity contribution in [1.29, 1.82) is 0 Å². The highest BCUT2D eigenvalue weighted by Crippen LogP contribution is 2.30. The summed E-state index contributed by atoms with van der Waals surface area (Å²) in [6, 6.07) is 11.8. The van der Waals surface area contributed by atoms with E-state index in [-0.39, 0.29) is 30.7 Å². The molecule has 0 heterocycles. The Hall–Kier alpha value is -2.25. The highest BCUT2D eigenvalue weighted by Gasteiger charge is 2.30. The van der Waals surface area contributed by atoms with Gasteiger partial charge in [-0.05, 0) is 47.9 Å². The lowest BCUT2D eigenvalue weighted by atomic mass is 9.96. The van der Waals surface area contributed by atoms with Crippen LogP contribution in [0.3, 0.4) is 0 Å². The number of rotatable bonds is 7. The molecular formula is C19H22ClF3N2O2. The van der Waals surface area contributed by atoms with Crippen LogP contribution in [0.2, 0.25) is 0 Å². The zero-order valence-corrected chi connectivity index (χ0v) is 15.6. The number of carbonyl (C=O) groups is 1. The number of halogens is 4. The summed E-state index contributed by atoms with van der Waals surface area (Å²) in [5.74, 6) is 0.240. The smallest absolute Gasteiger partial charge is 0.416 e. The molecule has 27 heavy (non-hydrogen) atoms. The molecule has 0 aromatic heterocycles. The van der Waals surface area contributed by atoms with Crippen molar-refractivity contribution < 1.29 is 22.7 Å². The highest BCUT2D eigenvalue weighted by molar-refractivity contribution is 5.91. The summed E-state index contributed by atoms with van der Waals surface area (Å²) in [7, 11) is 0. The predicted octanol–water partition coefficient (Wildman–Crippen LogP) is 4.60. The van der Waals surface area contributed by atoms with Crippen molar-refractivity contribution in [3.8, 4) is 5.75 Å². The number of nitrogens with one attached hydrogen (secondary N) is 1. The molecule has 0 aliphatic carbocycles. The number of ether oxygens (including phenoxy) is 1. The standard InChI is InChI=1S/C19H21F3N2O2.ClH/c1-13(14-2-4-15(5-3-14)19(20,21)22)12-18(25)24-16-6-8-17(9-7-16)26-11-10-23;/h2-9,13H,10-12,23H2,1H3,(H,24,25);1H. The van der Waals surface area contributed by atoms with Gasteiger partial charge in [-0.15, -0.1) is 12.4 Å². The van der Waals surface area contributed by atoms with Crippen molar-refractivity contribution in [2.75, 3.05) is 18.5 Å². The largest absolute Gasteiger partial charge is 0.492 e. The molecule has 3 N–H and O–H groups in total. The zero-order chi connectivity index (χ0) is 19.2. The Morgan fingerprint density at radius 3 is 2.22 bits per heavy atom. The molecule has 1 amide bonds. The van der Waals surface area contributed by atoms with Crippen LogP contribution in [0, 0.1) is 0 Å². The second-order valence-corrected chi connectivity index (χ2v) is 5.93. The molecule has 2 rings (SSSR count). The third kappa shape index (κ3) is 7.11. The Kier molecular flexibility index (Phi) is 8.59. The summed E-state index contributed by atoms with van der Waals surface area (Å²) >= 11 is 0. The van der Waals surface area contributed by atoms with Crippen LogP contribution < -0.4 is 15.8 Å². The predicted molar refractivity (Wildman–Crippen MR) is 101 cm³/mol. The van der Waals surface area contributed by atoms with E-state index in [1.54, 1.807) is 31.2 Å². The molecule has 0 fully saturated rings. The van der Waals surface area contributed by atoms with E-state index in [0.717, 1.165) is 12.1 Å². The van der Waals surface area contributed by atoms with Crippen LogP contribution in [0.4, 0.5) is 18.9 Å². The maximum atomic E-state index is 12.6. The van der Waals surface area contributed by atoms with Crippen molar-refractivity contribution in [2.45, 2.75) is 25.4 Å². The number of hydrogen-bond donors (Lipinski definition) is 2. The molecule has 0 saturated carbocycles. The highest BCUT2D eigenvalue weighted by atomic mass is 35.5. The van der Waals surface area contributed by atoms with Crippen LogP contribution in [0.25, 0.3) is 0 Å². The van der Waals surface area contributed by atoms with Gasteiger partial charge in [0.2, 0.25) is 5.91 Å². The monoisotopic (exact) mass is 402 g/mol. The number of amides is 1. The van der Waals surface area contributed by atoms with Crippen LogP contribution >= 0.6 is 12.4 Å². The van der Waals surface area contributed by atoms with Crippen LogP contribution in [0.1, 0.15) is 30.4 Å². The summed E-state index contributed by atoms with van der Waals surface area (Å²) in [5, 5.41) is 2.76. The van der Waals surface area contributed by atoms with Gasteiger partial charge < -0.3 is 15.8 Å². The van der Waals surface area contributed by atoms with E-state index < -0.39 is 11.7 Å². The third-order valence-corrected chi connectivity index (χ3v) is 3.82. The molecule has 2 aromatic carbocycles. The first-order valence-electron chi connectivity index (χ1n) is 8.19. The molecule has 1 unspecified atom stereocenters. The minimum atomic E-state index is -4.36. The first-order chi connectivity index (χ1) is 12.3. The lowest BCUT2D eigenvalue weighted by Crippen LogP contribution is -2.14. The van der Waals surface area contributed by atoms with Gasteiger partial charge >= 0.3 is 6.18 Å². The van der Waals surface area contributed by atoms with Gasteiger partial charge in [-0.25, -0.2) is 0 Å². The summed E-state index contributed by atoms with van der Waals surface area (Å²) < 4.78 is 43.1. The van der Waals surface area contributed by atoms with E-state index in [1.807, 2.05) is 0 Å². The summed E-state index contributed by atoms with van der Waals surface area (Å²) in [6.07, 6.45) is -4.20. The van der Waals surface area contributed by atoms with Crippen molar-refractivity contribution in [1.82, 2.24) is 0 Å². The minimum absolute atomic E-state index is 0. The van der Waals surface area contributed by atoms with Crippen LogP contribution in [-0.4, -0.2) is 19.1 Å². The van der Waals surface area contributed by atoms with Crippen molar-refractivity contribution in [2.24, 2.45) is 5.73 Å². The summed E-state index contributed by atoms with van der Waals surface area (Å²) in [6.45, 7) is 2.63. The molecule has 0 aliphatic heterocycles. The summed E-state index contributed by atoms with van der Waals surface area (Å²) in [5.41, 5.74) is 5.96. The normalized spacial score (nSPS) is 12.0. The zero-order valence-electron chi connectivity index (χ0n) is 14.8. The molecule has 0 spiro atoms. The average molecular weight is 403 g/mol. The Bertz CT molecular complexity index is 719. The lowest BCUT2D eigenvalue weighted by Gasteiger charge is -2.14. The molecule has 0 saturated heterocycles. The van der Waals surface area contributed by atoms with Gasteiger partial charge in [-0.1, -0.05) is 19.1 Å². The van der Waals surface area contributed by atoms with Gasteiger partial charge in [-0.2, -0.15) is 13.2 Å². The minimum Gasteiger partial charge on any atom is -0.492 e. The lowest BCUT2D eigenvalue weighted by molar-refractivity contribution is -0.137. The fourth-order valence-corrected chi connectivity index (χ4v) is 2.42. The molecule has 8 heteroatoms. The first-order valence-corrected chi connectivity index (χ1v) is 8.19. The molecule has 1 atom stereocenters. The van der Waals surface area contributed by atoms with E-state index in [1.165, 1.54) is 12.1 Å². The molecule has 148 valence electrons. The fourth-order valence-electron chi connectivity index (χ4n) is 2.42. The van der Waals surface area contributed by atoms with Gasteiger partial charge in [0.1, 0.15) is 12.4 Å². The van der Waals surface area contributed by atoms with E-state index in [0.29, 0.717) is 30.2 Å². The third-order valence-electron chi connectivity index (χ3n) is 3.82. The van der Waals surface area contributed by atoms with Gasteiger partial charge in [0, 0.05) is 18.7 Å². The number of nitrogens with two attached hydrogens (primary N) is 1. The first kappa shape index (κ1) is 22.8. The molecule has 0 bridgehead atoms. The van der Waals surface area contributed by atoms with E-state index in [9.17, 15) is 18.0 Å². The van der Waals surface area contributed by atoms with Crippen LogP contribution in [-0.2, 0) is 11.0 Å².